The first-order valence-electron chi connectivity index (χ1n) is 5.88. The fraction of sp³-hybridized carbons (Fsp3) is 0.333. The molecule has 1 aromatic carbocycles. The van der Waals surface area contributed by atoms with E-state index in [1.54, 1.807) is 6.92 Å². The van der Waals surface area contributed by atoms with E-state index in [0.717, 1.165) is 6.07 Å². The molecule has 1 amide bonds. The molecule has 20 heavy (non-hydrogen) atoms. The predicted molar refractivity (Wildman–Crippen MR) is 71.3 cm³/mol. The topological polar surface area (TPSA) is 136 Å². The number of amides is 1. The van der Waals surface area contributed by atoms with Gasteiger partial charge in [-0.1, -0.05) is 0 Å². The molecule has 0 aromatic heterocycles. The van der Waals surface area contributed by atoms with E-state index >= 15 is 0 Å². The Labute approximate surface area is 114 Å². The molecule has 1 rings (SSSR count). The second kappa shape index (κ2) is 6.50. The van der Waals surface area contributed by atoms with Crippen molar-refractivity contribution < 1.29 is 19.6 Å². The minimum atomic E-state index is -0.950. The van der Waals surface area contributed by atoms with E-state index in [-0.39, 0.29) is 35.8 Å². The first-order chi connectivity index (χ1) is 9.31. The number of benzene rings is 1. The molecule has 0 aliphatic carbocycles. The van der Waals surface area contributed by atoms with Crippen LogP contribution in [-0.4, -0.2) is 27.9 Å². The van der Waals surface area contributed by atoms with Gasteiger partial charge in [-0.3, -0.25) is 19.7 Å². The Hall–Kier alpha value is -2.64. The lowest BCUT2D eigenvalue weighted by Crippen LogP contribution is -2.33. The molecule has 4 N–H and O–H groups in total. The maximum absolute atomic E-state index is 11.9. The third kappa shape index (κ3) is 4.23. The van der Waals surface area contributed by atoms with Crippen molar-refractivity contribution in [3.63, 3.8) is 0 Å². The molecule has 108 valence electrons. The van der Waals surface area contributed by atoms with Crippen molar-refractivity contribution in [2.75, 3.05) is 5.73 Å². The number of carbonyl (C=O) groups is 2. The average molecular weight is 281 g/mol. The largest absolute Gasteiger partial charge is 0.481 e. The highest BCUT2D eigenvalue weighted by molar-refractivity contribution is 5.95. The molecule has 8 nitrogen and oxygen atoms in total. The Morgan fingerprint density at radius 3 is 2.70 bits per heavy atom. The lowest BCUT2D eigenvalue weighted by molar-refractivity contribution is -0.383. The first-order valence-corrected chi connectivity index (χ1v) is 5.88. The van der Waals surface area contributed by atoms with Gasteiger partial charge in [-0.05, 0) is 25.5 Å². The van der Waals surface area contributed by atoms with Gasteiger partial charge >= 0.3 is 5.97 Å². The molecule has 0 bridgehead atoms. The Morgan fingerprint density at radius 1 is 1.50 bits per heavy atom. The van der Waals surface area contributed by atoms with E-state index in [0.29, 0.717) is 0 Å². The van der Waals surface area contributed by atoms with Gasteiger partial charge in [0, 0.05) is 24.1 Å². The van der Waals surface area contributed by atoms with Crippen LogP contribution in [0.15, 0.2) is 18.2 Å². The summed E-state index contributed by atoms with van der Waals surface area (Å²) in [5.41, 5.74) is 5.18. The summed E-state index contributed by atoms with van der Waals surface area (Å²) in [6.07, 6.45) is 0.210. The number of carboxylic acid groups (broad SMARTS) is 1. The summed E-state index contributed by atoms with van der Waals surface area (Å²) < 4.78 is 0. The van der Waals surface area contributed by atoms with Crippen molar-refractivity contribution >= 4 is 23.3 Å². The van der Waals surface area contributed by atoms with Crippen molar-refractivity contribution in [2.45, 2.75) is 25.8 Å². The molecule has 8 heteroatoms. The standard InChI is InChI=1S/C12H15N3O5/c1-7(2-5-11(16)17)14-12(18)8-3-4-9(13)10(6-8)15(19)20/h3-4,6-7H,2,5,13H2,1H3,(H,14,18)(H,16,17). The van der Waals surface area contributed by atoms with Gasteiger partial charge < -0.3 is 16.2 Å². The van der Waals surface area contributed by atoms with Gasteiger partial charge in [0.25, 0.3) is 11.6 Å². The maximum Gasteiger partial charge on any atom is 0.303 e. The van der Waals surface area contributed by atoms with Crippen molar-refractivity contribution in [3.8, 4) is 0 Å². The first kappa shape index (κ1) is 15.4. The molecule has 1 aromatic rings. The fourth-order valence-corrected chi connectivity index (χ4v) is 1.56. The van der Waals surface area contributed by atoms with Crippen LogP contribution in [0.4, 0.5) is 11.4 Å². The van der Waals surface area contributed by atoms with Crippen LogP contribution < -0.4 is 11.1 Å². The third-order valence-electron chi connectivity index (χ3n) is 2.66. The smallest absolute Gasteiger partial charge is 0.303 e. The minimum absolute atomic E-state index is 0.0227. The number of nitrogens with two attached hydrogens (primary N) is 1. The van der Waals surface area contributed by atoms with Crippen molar-refractivity contribution in [2.24, 2.45) is 0 Å². The lowest BCUT2D eigenvalue weighted by atomic mass is 10.1. The summed E-state index contributed by atoms with van der Waals surface area (Å²) in [6.45, 7) is 1.66. The van der Waals surface area contributed by atoms with Gasteiger partial charge in [0.2, 0.25) is 0 Å². The normalized spacial score (nSPS) is 11.7. The van der Waals surface area contributed by atoms with Gasteiger partial charge in [0.1, 0.15) is 5.69 Å². The second-order valence-electron chi connectivity index (χ2n) is 4.34. The van der Waals surface area contributed by atoms with Crippen LogP contribution >= 0.6 is 0 Å². The molecular weight excluding hydrogens is 266 g/mol. The van der Waals surface area contributed by atoms with E-state index in [2.05, 4.69) is 5.32 Å². The average Bonchev–Trinajstić information content (AvgIpc) is 2.36. The Kier molecular flexibility index (Phi) is 5.01. The summed E-state index contributed by atoms with van der Waals surface area (Å²) in [4.78, 5) is 32.3. The summed E-state index contributed by atoms with van der Waals surface area (Å²) in [5, 5.41) is 21.8. The highest BCUT2D eigenvalue weighted by atomic mass is 16.6. The fourth-order valence-electron chi connectivity index (χ4n) is 1.56. The number of nitro benzene ring substituents is 1. The van der Waals surface area contributed by atoms with Crippen molar-refractivity contribution in [1.29, 1.82) is 0 Å². The van der Waals surface area contributed by atoms with Crippen LogP contribution in [0.2, 0.25) is 0 Å². The lowest BCUT2D eigenvalue weighted by Gasteiger charge is -2.12. The molecule has 0 aliphatic rings. The number of aliphatic carboxylic acids is 1. The molecule has 0 spiro atoms. The number of rotatable bonds is 6. The zero-order valence-corrected chi connectivity index (χ0v) is 10.8. The highest BCUT2D eigenvalue weighted by Gasteiger charge is 2.17. The summed E-state index contributed by atoms with van der Waals surface area (Å²) in [7, 11) is 0. The van der Waals surface area contributed by atoms with Gasteiger partial charge in [-0.2, -0.15) is 0 Å². The summed E-state index contributed by atoms with van der Waals surface area (Å²) in [5.74, 6) is -1.46. The van der Waals surface area contributed by atoms with E-state index in [4.69, 9.17) is 10.8 Å². The van der Waals surface area contributed by atoms with Crippen LogP contribution in [0.1, 0.15) is 30.1 Å². The predicted octanol–water partition coefficient (Wildman–Crippen LogP) is 1.16. The van der Waals surface area contributed by atoms with Crippen LogP contribution in [0.5, 0.6) is 0 Å². The van der Waals surface area contributed by atoms with Crippen molar-refractivity contribution in [3.05, 3.63) is 33.9 Å². The van der Waals surface area contributed by atoms with Gasteiger partial charge in [0.15, 0.2) is 0 Å². The van der Waals surface area contributed by atoms with Gasteiger partial charge in [-0.25, -0.2) is 0 Å². The number of hydrogen-bond acceptors (Lipinski definition) is 5. The number of nitrogens with one attached hydrogen (secondary N) is 1. The number of anilines is 1. The number of carbonyl (C=O) groups excluding carboxylic acids is 1. The number of nitrogen functional groups attached to an aromatic ring is 1. The van der Waals surface area contributed by atoms with Crippen LogP contribution in [0.25, 0.3) is 0 Å². The Morgan fingerprint density at radius 2 is 2.15 bits per heavy atom. The molecule has 1 unspecified atom stereocenters. The Balaban J connectivity index is 2.75. The number of nitrogens with zero attached hydrogens (tertiary/aromatic N) is 1. The second-order valence-corrected chi connectivity index (χ2v) is 4.34. The molecule has 0 heterocycles. The monoisotopic (exact) mass is 281 g/mol. The number of hydrogen-bond donors (Lipinski definition) is 3. The molecule has 0 saturated carbocycles. The van der Waals surface area contributed by atoms with Crippen molar-refractivity contribution in [1.82, 2.24) is 5.32 Å². The molecular formula is C12H15N3O5. The van der Waals surface area contributed by atoms with Crippen LogP contribution in [-0.2, 0) is 4.79 Å². The van der Waals surface area contributed by atoms with E-state index in [9.17, 15) is 19.7 Å². The molecule has 0 fully saturated rings. The molecule has 1 atom stereocenters. The van der Waals surface area contributed by atoms with Crippen LogP contribution in [0.3, 0.4) is 0 Å². The van der Waals surface area contributed by atoms with Crippen LogP contribution in [0, 0.1) is 10.1 Å². The molecule has 0 radical (unpaired) electrons. The zero-order chi connectivity index (χ0) is 15.3. The highest BCUT2D eigenvalue weighted by Crippen LogP contribution is 2.22. The zero-order valence-electron chi connectivity index (χ0n) is 10.8. The number of nitro groups is 1. The minimum Gasteiger partial charge on any atom is -0.481 e. The van der Waals surface area contributed by atoms with E-state index in [1.165, 1.54) is 12.1 Å². The SMILES string of the molecule is CC(CCC(=O)O)NC(=O)c1ccc(N)c([N+](=O)[O-])c1. The summed E-state index contributed by atoms with van der Waals surface area (Å²) >= 11 is 0. The summed E-state index contributed by atoms with van der Waals surface area (Å²) in [6, 6.07) is 3.40. The quantitative estimate of drug-likeness (QED) is 0.406. The Bertz CT molecular complexity index is 544. The van der Waals surface area contributed by atoms with Gasteiger partial charge in [0.05, 0.1) is 4.92 Å². The van der Waals surface area contributed by atoms with Gasteiger partial charge in [-0.15, -0.1) is 0 Å². The third-order valence-corrected chi connectivity index (χ3v) is 2.66. The number of carboxylic acids is 1. The van der Waals surface area contributed by atoms with E-state index in [1.807, 2.05) is 0 Å². The molecule has 0 saturated heterocycles. The molecule has 0 aliphatic heterocycles. The van der Waals surface area contributed by atoms with E-state index < -0.39 is 16.8 Å². The maximum atomic E-state index is 11.9.